The zero-order chi connectivity index (χ0) is 12.5. The molecule has 0 radical (unpaired) electrons. The van der Waals surface area contributed by atoms with E-state index < -0.39 is 0 Å². The first kappa shape index (κ1) is 11.3. The predicted molar refractivity (Wildman–Crippen MR) is 70.4 cm³/mol. The third-order valence-corrected chi connectivity index (χ3v) is 2.66. The summed E-state index contributed by atoms with van der Waals surface area (Å²) in [6.45, 7) is 2.61. The molecule has 0 fully saturated rings. The van der Waals surface area contributed by atoms with Crippen LogP contribution >= 0.6 is 0 Å². The van der Waals surface area contributed by atoms with Crippen LogP contribution in [0.3, 0.4) is 0 Å². The number of hydrogen-bond donors (Lipinski definition) is 1. The number of phenolic OH excluding ortho intramolecular Hbond substituents is 1. The van der Waals surface area contributed by atoms with Gasteiger partial charge in [-0.15, -0.1) is 0 Å². The highest BCUT2D eigenvalue weighted by Gasteiger charge is 1.98. The van der Waals surface area contributed by atoms with Gasteiger partial charge >= 0.3 is 0 Å². The van der Waals surface area contributed by atoms with Gasteiger partial charge in [-0.3, -0.25) is 0 Å². The fourth-order valence-corrected chi connectivity index (χ4v) is 1.62. The van der Waals surface area contributed by atoms with Crippen LogP contribution in [0.15, 0.2) is 30.3 Å². The summed E-state index contributed by atoms with van der Waals surface area (Å²) in [5.41, 5.74) is 0.835. The first-order valence-corrected chi connectivity index (χ1v) is 6.03. The van der Waals surface area contributed by atoms with Gasteiger partial charge in [0, 0.05) is 6.93 Å². The van der Waals surface area contributed by atoms with Gasteiger partial charge in [0.2, 0.25) is 0 Å². The Labute approximate surface area is 100 Å². The van der Waals surface area contributed by atoms with Crippen LogP contribution in [0.25, 0.3) is 6.08 Å². The number of aromatic hydroxyl groups is 1. The molecule has 0 aliphatic rings. The zero-order valence-corrected chi connectivity index (χ0v) is 10.0. The van der Waals surface area contributed by atoms with Crippen LogP contribution in [-0.4, -0.2) is 5.11 Å². The Balaban J connectivity index is 2.52. The predicted octanol–water partition coefficient (Wildman–Crippen LogP) is 4.62. The van der Waals surface area contributed by atoms with Crippen molar-refractivity contribution in [1.29, 1.82) is 0 Å². The summed E-state index contributed by atoms with van der Waals surface area (Å²) in [4.78, 5) is 0. The van der Waals surface area contributed by atoms with Crippen molar-refractivity contribution in [2.24, 2.45) is 5.92 Å². The first-order chi connectivity index (χ1) is 8.27. The Morgan fingerprint density at radius 3 is 2.88 bits per heavy atom. The molecule has 1 atom stereocenters. The van der Waals surface area contributed by atoms with Crippen LogP contribution in [0.2, 0.25) is 0 Å². The van der Waals surface area contributed by atoms with E-state index in [0.717, 1.165) is 12.0 Å². The average Bonchev–Trinajstić information content (AvgIpc) is 2.35. The maximum atomic E-state index is 9.61. The van der Waals surface area contributed by atoms with Gasteiger partial charge in [-0.25, -0.2) is 0 Å². The molecule has 0 bridgehead atoms. The number of rotatable bonds is 6. The third kappa shape index (κ3) is 4.52. The van der Waals surface area contributed by atoms with Crippen molar-refractivity contribution >= 4 is 6.08 Å². The van der Waals surface area contributed by atoms with E-state index >= 15 is 0 Å². The summed E-state index contributed by atoms with van der Waals surface area (Å²) >= 11 is 0. The smallest absolute Gasteiger partial charge is 0.122 e. The lowest BCUT2D eigenvalue weighted by molar-refractivity contribution is 0.474. The molecule has 0 spiro atoms. The average molecular weight is 219 g/mol. The van der Waals surface area contributed by atoms with Crippen molar-refractivity contribution in [3.63, 3.8) is 0 Å². The molecule has 0 saturated carbocycles. The molecule has 0 aliphatic carbocycles. The topological polar surface area (TPSA) is 20.2 Å². The van der Waals surface area contributed by atoms with E-state index in [-0.39, 0.29) is 0 Å². The van der Waals surface area contributed by atoms with Crippen molar-refractivity contribution in [1.82, 2.24) is 0 Å². The van der Waals surface area contributed by atoms with Gasteiger partial charge in [-0.2, -0.15) is 0 Å². The molecule has 1 rings (SSSR count). The van der Waals surface area contributed by atoms with E-state index in [2.05, 4.69) is 13.0 Å². The van der Waals surface area contributed by atoms with E-state index in [1.807, 2.05) is 24.3 Å². The molecule has 0 aromatic heterocycles. The number of unbranched alkanes of at least 4 members (excludes halogenated alkanes) is 2. The normalized spacial score (nSPS) is 13.9. The summed E-state index contributed by atoms with van der Waals surface area (Å²) in [5, 5.41) is 9.61. The molecule has 0 aliphatic heterocycles. The van der Waals surface area contributed by atoms with Crippen LogP contribution in [0.1, 0.15) is 46.4 Å². The quantitative estimate of drug-likeness (QED) is 0.692. The summed E-state index contributed by atoms with van der Waals surface area (Å²) in [6.07, 6.45) is 8.69. The van der Waals surface area contributed by atoms with Crippen molar-refractivity contribution in [3.8, 4) is 5.75 Å². The van der Waals surface area contributed by atoms with Crippen molar-refractivity contribution in [2.45, 2.75) is 39.5 Å². The first-order valence-electron chi connectivity index (χ1n) is 6.74. The van der Waals surface area contributed by atoms with Crippen molar-refractivity contribution in [2.75, 3.05) is 0 Å². The van der Waals surface area contributed by atoms with Crippen LogP contribution in [0.5, 0.6) is 5.75 Å². The van der Waals surface area contributed by atoms with Crippen LogP contribution < -0.4 is 0 Å². The molecular weight excluding hydrogens is 196 g/mol. The Kier molecular flexibility index (Phi) is 4.99. The SMILES string of the molecule is [2H]CC(/C=C\c1ccccc1O)CCCCC. The Bertz CT molecular complexity index is 347. The van der Waals surface area contributed by atoms with E-state index in [4.69, 9.17) is 1.37 Å². The van der Waals surface area contributed by atoms with Crippen molar-refractivity contribution < 1.29 is 6.48 Å². The van der Waals surface area contributed by atoms with E-state index in [9.17, 15) is 5.11 Å². The van der Waals surface area contributed by atoms with E-state index in [1.165, 1.54) is 19.3 Å². The van der Waals surface area contributed by atoms with Crippen LogP contribution in [0, 0.1) is 5.92 Å². The van der Waals surface area contributed by atoms with Crippen LogP contribution in [-0.2, 0) is 0 Å². The molecular formula is C15H22O. The molecule has 1 heteroatoms. The van der Waals surface area contributed by atoms with Crippen molar-refractivity contribution in [3.05, 3.63) is 35.9 Å². The molecule has 1 aromatic carbocycles. The number of phenols is 1. The lowest BCUT2D eigenvalue weighted by Crippen LogP contribution is -1.89. The molecule has 1 aromatic rings. The second-order valence-electron chi connectivity index (χ2n) is 4.17. The van der Waals surface area contributed by atoms with Gasteiger partial charge in [0.05, 0.1) is 0 Å². The largest absolute Gasteiger partial charge is 0.507 e. The van der Waals surface area contributed by atoms with Gasteiger partial charge < -0.3 is 5.11 Å². The summed E-state index contributed by atoms with van der Waals surface area (Å²) in [5.74, 6) is 0.613. The number of para-hydroxylation sites is 1. The number of hydrogen-bond acceptors (Lipinski definition) is 1. The van der Waals surface area contributed by atoms with Gasteiger partial charge in [0.25, 0.3) is 0 Å². The van der Waals surface area contributed by atoms with E-state index in [1.54, 1.807) is 6.07 Å². The van der Waals surface area contributed by atoms with Gasteiger partial charge in [-0.1, -0.05) is 63.4 Å². The lowest BCUT2D eigenvalue weighted by atomic mass is 10.0. The Hall–Kier alpha value is -1.24. The summed E-state index contributed by atoms with van der Waals surface area (Å²) in [7, 11) is 0. The highest BCUT2D eigenvalue weighted by molar-refractivity contribution is 5.56. The molecule has 0 heterocycles. The Morgan fingerprint density at radius 1 is 1.38 bits per heavy atom. The molecule has 1 nitrogen and oxygen atoms in total. The highest BCUT2D eigenvalue weighted by Crippen LogP contribution is 2.19. The maximum absolute atomic E-state index is 9.61. The molecule has 88 valence electrons. The fraction of sp³-hybridized carbons (Fsp3) is 0.467. The van der Waals surface area contributed by atoms with Gasteiger partial charge in [0.1, 0.15) is 5.75 Å². The van der Waals surface area contributed by atoms with Gasteiger partial charge in [0.15, 0.2) is 0 Å². The maximum Gasteiger partial charge on any atom is 0.122 e. The highest BCUT2D eigenvalue weighted by atomic mass is 16.3. The summed E-state index contributed by atoms with van der Waals surface area (Å²) in [6, 6.07) is 7.30. The molecule has 16 heavy (non-hydrogen) atoms. The minimum atomic E-state index is 0.307. The second kappa shape index (κ2) is 7.10. The Morgan fingerprint density at radius 2 is 2.19 bits per heavy atom. The fourth-order valence-electron chi connectivity index (χ4n) is 1.62. The second-order valence-corrected chi connectivity index (χ2v) is 4.17. The lowest BCUT2D eigenvalue weighted by Gasteiger charge is -2.05. The third-order valence-electron chi connectivity index (χ3n) is 2.66. The van der Waals surface area contributed by atoms with Gasteiger partial charge in [-0.05, 0) is 18.4 Å². The molecule has 1 N–H and O–H groups in total. The minimum absolute atomic E-state index is 0.307. The number of benzene rings is 1. The molecule has 0 amide bonds. The molecule has 0 saturated heterocycles. The summed E-state index contributed by atoms with van der Waals surface area (Å²) < 4.78 is 7.50. The van der Waals surface area contributed by atoms with E-state index in [0.29, 0.717) is 18.6 Å². The zero-order valence-electron chi connectivity index (χ0n) is 11.0. The minimum Gasteiger partial charge on any atom is -0.507 e. The number of allylic oxidation sites excluding steroid dienone is 1. The standard InChI is InChI=1S/C15H22O/c1-3-4-5-8-13(2)11-12-14-9-6-7-10-15(14)16/h6-7,9-13,16H,3-5,8H2,1-2H3/b12-11-/i2D. The molecule has 1 unspecified atom stereocenters. The monoisotopic (exact) mass is 219 g/mol. The van der Waals surface area contributed by atoms with Crippen LogP contribution in [0.4, 0.5) is 0 Å².